The summed E-state index contributed by atoms with van der Waals surface area (Å²) < 4.78 is 7.44. The Kier molecular flexibility index (Phi) is 6.59. The molecule has 1 unspecified atom stereocenters. The summed E-state index contributed by atoms with van der Waals surface area (Å²) in [7, 11) is 8.14. The highest BCUT2D eigenvalue weighted by molar-refractivity contribution is 5.80. The van der Waals surface area contributed by atoms with E-state index in [1.54, 1.807) is 0 Å². The summed E-state index contributed by atoms with van der Waals surface area (Å²) >= 11 is 0. The minimum Gasteiger partial charge on any atom is -0.381 e. The van der Waals surface area contributed by atoms with E-state index in [4.69, 9.17) is 4.74 Å². The molecule has 3 heterocycles. The van der Waals surface area contributed by atoms with Crippen LogP contribution in [0, 0.1) is 0 Å². The number of rotatable bonds is 5. The second-order valence-electron chi connectivity index (χ2n) is 7.96. The van der Waals surface area contributed by atoms with Crippen molar-refractivity contribution in [1.29, 1.82) is 0 Å². The minimum atomic E-state index is 0.129. The van der Waals surface area contributed by atoms with Crippen molar-refractivity contribution in [3.05, 3.63) is 12.4 Å². The van der Waals surface area contributed by atoms with Crippen molar-refractivity contribution >= 4 is 11.6 Å². The van der Waals surface area contributed by atoms with Gasteiger partial charge in [-0.25, -0.2) is 0 Å². The summed E-state index contributed by atoms with van der Waals surface area (Å²) in [5, 5.41) is 11.5. The van der Waals surface area contributed by atoms with E-state index in [1.807, 2.05) is 25.0 Å². The number of hydrogen-bond acceptors (Lipinski definition) is 5. The summed E-state index contributed by atoms with van der Waals surface area (Å²) in [4.78, 5) is 9.21. The molecule has 3 rings (SSSR count). The van der Waals surface area contributed by atoms with Crippen molar-refractivity contribution in [2.75, 3.05) is 58.9 Å². The second kappa shape index (κ2) is 8.93. The Balaban J connectivity index is 1.55. The molecule has 0 bridgehead atoms. The smallest absolute Gasteiger partial charge is 0.191 e. The van der Waals surface area contributed by atoms with Gasteiger partial charge in [0, 0.05) is 64.7 Å². The number of aliphatic imine (C=N–C) groups is 1. The lowest BCUT2D eigenvalue weighted by Crippen LogP contribution is -2.58. The van der Waals surface area contributed by atoms with Gasteiger partial charge >= 0.3 is 0 Å². The highest BCUT2D eigenvalue weighted by atomic mass is 16.5. The predicted octanol–water partition coefficient (Wildman–Crippen LogP) is 0.665. The van der Waals surface area contributed by atoms with Gasteiger partial charge in [0.05, 0.1) is 11.9 Å². The Morgan fingerprint density at radius 2 is 2.19 bits per heavy atom. The van der Waals surface area contributed by atoms with Gasteiger partial charge in [-0.1, -0.05) is 0 Å². The Morgan fingerprint density at radius 1 is 1.41 bits per heavy atom. The molecule has 0 spiro atoms. The number of nitrogens with one attached hydrogen (secondary N) is 2. The van der Waals surface area contributed by atoms with Crippen molar-refractivity contribution in [2.24, 2.45) is 12.0 Å². The van der Waals surface area contributed by atoms with Crippen LogP contribution in [0.1, 0.15) is 25.7 Å². The van der Waals surface area contributed by atoms with Gasteiger partial charge in [0.25, 0.3) is 0 Å². The third-order valence-electron chi connectivity index (χ3n) is 6.00. The molecular weight excluding hydrogens is 342 g/mol. The monoisotopic (exact) mass is 377 g/mol. The van der Waals surface area contributed by atoms with Gasteiger partial charge in [-0.3, -0.25) is 9.67 Å². The zero-order chi connectivity index (χ0) is 19.3. The normalized spacial score (nSPS) is 23.5. The fourth-order valence-corrected chi connectivity index (χ4v) is 4.07. The van der Waals surface area contributed by atoms with Crippen LogP contribution in [0.4, 0.5) is 5.69 Å². The highest BCUT2D eigenvalue weighted by Gasteiger charge is 2.35. The first kappa shape index (κ1) is 19.9. The summed E-state index contributed by atoms with van der Waals surface area (Å²) in [5.41, 5.74) is 1.32. The van der Waals surface area contributed by atoms with E-state index in [9.17, 15) is 0 Å². The Morgan fingerprint density at radius 3 is 2.81 bits per heavy atom. The van der Waals surface area contributed by atoms with Crippen molar-refractivity contribution < 1.29 is 4.74 Å². The molecule has 8 nitrogen and oxygen atoms in total. The molecule has 8 heteroatoms. The van der Waals surface area contributed by atoms with Crippen LogP contribution in [-0.4, -0.2) is 86.2 Å². The fourth-order valence-electron chi connectivity index (χ4n) is 4.07. The number of ether oxygens (including phenoxy) is 1. The lowest BCUT2D eigenvalue weighted by Gasteiger charge is -2.43. The van der Waals surface area contributed by atoms with E-state index in [2.05, 4.69) is 50.8 Å². The Labute approximate surface area is 162 Å². The van der Waals surface area contributed by atoms with Gasteiger partial charge in [0.1, 0.15) is 0 Å². The molecule has 0 aromatic carbocycles. The largest absolute Gasteiger partial charge is 0.381 e. The van der Waals surface area contributed by atoms with Crippen LogP contribution in [0.3, 0.4) is 0 Å². The van der Waals surface area contributed by atoms with E-state index in [0.29, 0.717) is 6.04 Å². The van der Waals surface area contributed by atoms with Crippen LogP contribution in [0.15, 0.2) is 17.4 Å². The molecule has 2 fully saturated rings. The first-order valence-electron chi connectivity index (χ1n) is 9.98. The Bertz CT molecular complexity index is 621. The molecule has 152 valence electrons. The second-order valence-corrected chi connectivity index (χ2v) is 7.96. The van der Waals surface area contributed by atoms with Crippen molar-refractivity contribution in [3.8, 4) is 0 Å². The van der Waals surface area contributed by atoms with Crippen LogP contribution in [0.25, 0.3) is 0 Å². The number of anilines is 1. The van der Waals surface area contributed by atoms with E-state index in [1.165, 1.54) is 12.1 Å². The first-order chi connectivity index (χ1) is 13.0. The Hall–Kier alpha value is -1.80. The average molecular weight is 378 g/mol. The molecular formula is C19H35N7O. The predicted molar refractivity (Wildman–Crippen MR) is 109 cm³/mol. The number of aromatic nitrogens is 2. The number of hydrogen-bond donors (Lipinski definition) is 2. The molecule has 1 atom stereocenters. The highest BCUT2D eigenvalue weighted by Crippen LogP contribution is 2.25. The molecule has 2 saturated heterocycles. The quantitative estimate of drug-likeness (QED) is 0.581. The SMILES string of the molecule is CN=C(NCC1(N(C)C)CCOCC1)NC1CCCN(c2cnn(C)c2)C1. The van der Waals surface area contributed by atoms with E-state index < -0.39 is 0 Å². The molecule has 0 amide bonds. The molecule has 27 heavy (non-hydrogen) atoms. The molecule has 0 aliphatic carbocycles. The summed E-state index contributed by atoms with van der Waals surface area (Å²) in [6, 6.07) is 0.384. The first-order valence-corrected chi connectivity index (χ1v) is 9.98. The van der Waals surface area contributed by atoms with Gasteiger partial charge in [-0.2, -0.15) is 5.10 Å². The molecule has 1 aromatic rings. The van der Waals surface area contributed by atoms with Crippen LogP contribution in [0.2, 0.25) is 0 Å². The van der Waals surface area contributed by atoms with Gasteiger partial charge in [-0.05, 0) is 39.8 Å². The molecule has 2 N–H and O–H groups in total. The number of piperidine rings is 1. The van der Waals surface area contributed by atoms with Crippen molar-refractivity contribution in [1.82, 2.24) is 25.3 Å². The number of guanidine groups is 1. The van der Waals surface area contributed by atoms with E-state index in [-0.39, 0.29) is 5.54 Å². The topological polar surface area (TPSA) is 70.0 Å². The zero-order valence-electron chi connectivity index (χ0n) is 17.2. The third-order valence-corrected chi connectivity index (χ3v) is 6.00. The van der Waals surface area contributed by atoms with Crippen LogP contribution in [0.5, 0.6) is 0 Å². The van der Waals surface area contributed by atoms with E-state index in [0.717, 1.165) is 58.1 Å². The lowest BCUT2D eigenvalue weighted by molar-refractivity contribution is -0.00503. The zero-order valence-corrected chi connectivity index (χ0v) is 17.2. The standard InChI is InChI=1S/C19H35N7O/c1-20-18(21-15-19(24(2)3)7-10-27-11-8-19)23-16-6-5-9-26(13-16)17-12-22-25(4)14-17/h12,14,16H,5-11,13,15H2,1-4H3,(H2,20,21,23). The maximum Gasteiger partial charge on any atom is 0.191 e. The lowest BCUT2D eigenvalue weighted by atomic mass is 9.88. The molecule has 0 radical (unpaired) electrons. The van der Waals surface area contributed by atoms with Crippen LogP contribution in [-0.2, 0) is 11.8 Å². The molecule has 2 aliphatic rings. The van der Waals surface area contributed by atoms with Gasteiger partial charge < -0.3 is 25.2 Å². The van der Waals surface area contributed by atoms with Crippen LogP contribution >= 0.6 is 0 Å². The number of aryl methyl sites for hydroxylation is 1. The van der Waals surface area contributed by atoms with Gasteiger partial charge in [0.15, 0.2) is 5.96 Å². The summed E-state index contributed by atoms with van der Waals surface area (Å²) in [5.74, 6) is 0.890. The van der Waals surface area contributed by atoms with Crippen molar-refractivity contribution in [2.45, 2.75) is 37.3 Å². The van der Waals surface area contributed by atoms with Gasteiger partial charge in [0.2, 0.25) is 0 Å². The number of likely N-dealkylation sites (N-methyl/N-ethyl adjacent to an activating group) is 1. The fraction of sp³-hybridized carbons (Fsp3) is 0.789. The van der Waals surface area contributed by atoms with Gasteiger partial charge in [-0.15, -0.1) is 0 Å². The minimum absolute atomic E-state index is 0.129. The summed E-state index contributed by atoms with van der Waals surface area (Å²) in [6.07, 6.45) is 8.44. The maximum absolute atomic E-state index is 5.57. The number of nitrogens with zero attached hydrogens (tertiary/aromatic N) is 5. The van der Waals surface area contributed by atoms with E-state index >= 15 is 0 Å². The molecule has 2 aliphatic heterocycles. The third kappa shape index (κ3) is 4.93. The summed E-state index contributed by atoms with van der Waals surface area (Å²) in [6.45, 7) is 4.59. The van der Waals surface area contributed by atoms with Crippen molar-refractivity contribution in [3.63, 3.8) is 0 Å². The van der Waals surface area contributed by atoms with Crippen LogP contribution < -0.4 is 15.5 Å². The average Bonchev–Trinajstić information content (AvgIpc) is 3.12. The maximum atomic E-state index is 5.57. The molecule has 1 aromatic heterocycles. The molecule has 0 saturated carbocycles.